The number of nitrogens with zero attached hydrogens (tertiary/aromatic N) is 1. The first-order valence-electron chi connectivity index (χ1n) is 7.83. The normalized spacial score (nSPS) is 30.8. The van der Waals surface area contributed by atoms with Gasteiger partial charge in [0, 0.05) is 32.3 Å². The minimum atomic E-state index is 0.479. The number of hydrogen-bond acceptors (Lipinski definition) is 3. The van der Waals surface area contributed by atoms with Crippen molar-refractivity contribution in [2.24, 2.45) is 5.73 Å². The molecule has 0 heterocycles. The van der Waals surface area contributed by atoms with Crippen molar-refractivity contribution in [2.45, 2.75) is 76.0 Å². The van der Waals surface area contributed by atoms with Gasteiger partial charge in [-0.05, 0) is 38.5 Å². The molecule has 0 amide bonds. The third-order valence-electron chi connectivity index (χ3n) is 4.83. The van der Waals surface area contributed by atoms with Crippen molar-refractivity contribution < 1.29 is 4.74 Å². The zero-order chi connectivity index (χ0) is 12.8. The van der Waals surface area contributed by atoms with Gasteiger partial charge in [0.25, 0.3) is 0 Å². The summed E-state index contributed by atoms with van der Waals surface area (Å²) >= 11 is 0. The average molecular weight is 254 g/mol. The lowest BCUT2D eigenvalue weighted by Crippen LogP contribution is -2.49. The van der Waals surface area contributed by atoms with Gasteiger partial charge in [-0.3, -0.25) is 4.90 Å². The van der Waals surface area contributed by atoms with E-state index in [2.05, 4.69) is 4.90 Å². The number of hydrogen-bond donors (Lipinski definition) is 1. The lowest BCUT2D eigenvalue weighted by Gasteiger charge is -2.43. The Labute approximate surface area is 112 Å². The van der Waals surface area contributed by atoms with Crippen LogP contribution in [0, 0.1) is 0 Å². The van der Waals surface area contributed by atoms with Crippen molar-refractivity contribution in [3.05, 3.63) is 0 Å². The largest absolute Gasteiger partial charge is 0.381 e. The predicted octanol–water partition coefficient (Wildman–Crippen LogP) is 2.54. The molecule has 0 aromatic rings. The maximum Gasteiger partial charge on any atom is 0.0586 e. The summed E-state index contributed by atoms with van der Waals surface area (Å²) in [5, 5.41) is 0. The zero-order valence-corrected chi connectivity index (χ0v) is 11.9. The second-order valence-electron chi connectivity index (χ2n) is 6.00. The zero-order valence-electron chi connectivity index (χ0n) is 11.9. The highest BCUT2D eigenvalue weighted by molar-refractivity contribution is 4.86. The number of nitrogens with two attached hydrogens (primary N) is 1. The van der Waals surface area contributed by atoms with E-state index in [4.69, 9.17) is 10.5 Å². The fourth-order valence-corrected chi connectivity index (χ4v) is 3.86. The molecule has 2 unspecified atom stereocenters. The summed E-state index contributed by atoms with van der Waals surface area (Å²) in [5.41, 5.74) is 5.84. The second-order valence-corrected chi connectivity index (χ2v) is 6.00. The molecule has 0 radical (unpaired) electrons. The fourth-order valence-electron chi connectivity index (χ4n) is 3.86. The van der Waals surface area contributed by atoms with Crippen molar-refractivity contribution in [3.8, 4) is 0 Å². The van der Waals surface area contributed by atoms with Crippen molar-refractivity contribution in [1.82, 2.24) is 4.90 Å². The summed E-state index contributed by atoms with van der Waals surface area (Å²) < 4.78 is 5.58. The summed E-state index contributed by atoms with van der Waals surface area (Å²) in [5.74, 6) is 0. The van der Waals surface area contributed by atoms with Gasteiger partial charge in [0.2, 0.25) is 0 Å². The third-order valence-corrected chi connectivity index (χ3v) is 4.83. The molecule has 0 bridgehead atoms. The van der Waals surface area contributed by atoms with Crippen molar-refractivity contribution in [3.63, 3.8) is 0 Å². The number of ether oxygens (including phenoxy) is 1. The first-order chi connectivity index (χ1) is 8.85. The monoisotopic (exact) mass is 254 g/mol. The predicted molar refractivity (Wildman–Crippen MR) is 75.7 cm³/mol. The Morgan fingerprint density at radius 3 is 2.39 bits per heavy atom. The molecule has 0 spiro atoms. The van der Waals surface area contributed by atoms with Gasteiger partial charge in [0.15, 0.2) is 0 Å². The minimum Gasteiger partial charge on any atom is -0.381 e. The molecule has 106 valence electrons. The van der Waals surface area contributed by atoms with Crippen LogP contribution in [0.1, 0.15) is 57.8 Å². The summed E-state index contributed by atoms with van der Waals surface area (Å²) in [4.78, 5) is 2.73. The molecule has 2 aliphatic carbocycles. The van der Waals surface area contributed by atoms with Crippen molar-refractivity contribution in [2.75, 3.05) is 20.2 Å². The van der Waals surface area contributed by atoms with Crippen LogP contribution in [0.15, 0.2) is 0 Å². The highest BCUT2D eigenvalue weighted by Gasteiger charge is 2.31. The maximum absolute atomic E-state index is 5.84. The molecule has 2 atom stereocenters. The maximum atomic E-state index is 5.84. The smallest absolute Gasteiger partial charge is 0.0586 e. The molecule has 0 aromatic carbocycles. The Kier molecular flexibility index (Phi) is 5.93. The van der Waals surface area contributed by atoms with Crippen LogP contribution in [0.5, 0.6) is 0 Å². The second kappa shape index (κ2) is 7.46. The van der Waals surface area contributed by atoms with E-state index in [9.17, 15) is 0 Å². The van der Waals surface area contributed by atoms with E-state index in [0.29, 0.717) is 6.10 Å². The van der Waals surface area contributed by atoms with Gasteiger partial charge in [-0.1, -0.05) is 19.3 Å². The van der Waals surface area contributed by atoms with Gasteiger partial charge in [-0.25, -0.2) is 0 Å². The van der Waals surface area contributed by atoms with Gasteiger partial charge < -0.3 is 10.5 Å². The molecule has 3 nitrogen and oxygen atoms in total. The Balaban J connectivity index is 1.94. The van der Waals surface area contributed by atoms with E-state index < -0.39 is 0 Å². The van der Waals surface area contributed by atoms with Crippen LogP contribution in [-0.2, 0) is 4.74 Å². The molecule has 2 saturated carbocycles. The SMILES string of the molecule is COC1CCCC(N(CCN)C2CCCCC2)C1. The van der Waals surface area contributed by atoms with Gasteiger partial charge in [0.1, 0.15) is 0 Å². The van der Waals surface area contributed by atoms with Gasteiger partial charge in [-0.15, -0.1) is 0 Å². The lowest BCUT2D eigenvalue weighted by molar-refractivity contribution is 0.00892. The van der Waals surface area contributed by atoms with E-state index in [-0.39, 0.29) is 0 Å². The quantitative estimate of drug-likeness (QED) is 0.819. The molecule has 2 rings (SSSR count). The van der Waals surface area contributed by atoms with Crippen LogP contribution in [-0.4, -0.2) is 43.3 Å². The fraction of sp³-hybridized carbons (Fsp3) is 1.00. The Morgan fingerprint density at radius 1 is 1.00 bits per heavy atom. The van der Waals surface area contributed by atoms with E-state index in [0.717, 1.165) is 25.2 Å². The highest BCUT2D eigenvalue weighted by atomic mass is 16.5. The van der Waals surface area contributed by atoms with Crippen LogP contribution in [0.25, 0.3) is 0 Å². The first kappa shape index (κ1) is 14.3. The van der Waals surface area contributed by atoms with E-state index in [1.807, 2.05) is 7.11 Å². The molecule has 0 aliphatic heterocycles. The van der Waals surface area contributed by atoms with Crippen LogP contribution in [0.4, 0.5) is 0 Å². The van der Waals surface area contributed by atoms with Gasteiger partial charge in [-0.2, -0.15) is 0 Å². The van der Waals surface area contributed by atoms with Gasteiger partial charge >= 0.3 is 0 Å². The summed E-state index contributed by atoms with van der Waals surface area (Å²) in [6.45, 7) is 1.87. The Bertz CT molecular complexity index is 229. The van der Waals surface area contributed by atoms with E-state index in [1.165, 1.54) is 57.8 Å². The Morgan fingerprint density at radius 2 is 1.72 bits per heavy atom. The molecule has 3 heteroatoms. The highest BCUT2D eigenvalue weighted by Crippen LogP contribution is 2.30. The van der Waals surface area contributed by atoms with Crippen LogP contribution in [0.2, 0.25) is 0 Å². The molecular weight excluding hydrogens is 224 g/mol. The number of rotatable bonds is 5. The molecule has 2 aliphatic rings. The van der Waals surface area contributed by atoms with Crippen molar-refractivity contribution >= 4 is 0 Å². The topological polar surface area (TPSA) is 38.5 Å². The van der Waals surface area contributed by atoms with E-state index >= 15 is 0 Å². The molecule has 0 aromatic heterocycles. The summed E-state index contributed by atoms with van der Waals surface area (Å²) in [7, 11) is 1.86. The lowest BCUT2D eigenvalue weighted by atomic mass is 9.87. The standard InChI is InChI=1S/C15H30N2O/c1-18-15-9-5-8-14(12-15)17(11-10-16)13-6-3-2-4-7-13/h13-15H,2-12,16H2,1H3. The van der Waals surface area contributed by atoms with Crippen molar-refractivity contribution in [1.29, 1.82) is 0 Å². The number of methoxy groups -OCH3 is 1. The summed E-state index contributed by atoms with van der Waals surface area (Å²) in [6, 6.07) is 1.51. The molecule has 0 saturated heterocycles. The third kappa shape index (κ3) is 3.69. The molecule has 2 N–H and O–H groups in total. The van der Waals surface area contributed by atoms with Crippen LogP contribution in [0.3, 0.4) is 0 Å². The molecular formula is C15H30N2O. The molecule has 18 heavy (non-hydrogen) atoms. The Hall–Kier alpha value is -0.120. The van der Waals surface area contributed by atoms with Crippen LogP contribution < -0.4 is 5.73 Å². The first-order valence-corrected chi connectivity index (χ1v) is 7.83. The minimum absolute atomic E-state index is 0.479. The van der Waals surface area contributed by atoms with Crippen LogP contribution >= 0.6 is 0 Å². The average Bonchev–Trinajstić information content (AvgIpc) is 2.46. The molecule has 2 fully saturated rings. The summed E-state index contributed by atoms with van der Waals surface area (Å²) in [6.07, 6.45) is 12.6. The van der Waals surface area contributed by atoms with E-state index in [1.54, 1.807) is 0 Å². The van der Waals surface area contributed by atoms with Gasteiger partial charge in [0.05, 0.1) is 6.10 Å².